The molecule has 0 saturated carbocycles. The van der Waals surface area contributed by atoms with Crippen molar-refractivity contribution in [3.63, 3.8) is 0 Å². The number of nitrogens with two attached hydrogens (primary N) is 1. The van der Waals surface area contributed by atoms with Crippen LogP contribution in [0.15, 0.2) is 0 Å². The summed E-state index contributed by atoms with van der Waals surface area (Å²) in [7, 11) is 3.65. The highest BCUT2D eigenvalue weighted by atomic mass is 32.2. The maximum Gasteiger partial charge on any atom is 0.401 e. The molecule has 0 aromatic heterocycles. The molecule has 0 aliphatic heterocycles. The lowest BCUT2D eigenvalue weighted by molar-refractivity contribution is -0.126. The Hall–Kier alpha value is 0.0600. The van der Waals surface area contributed by atoms with Crippen molar-refractivity contribution in [3.05, 3.63) is 0 Å². The minimum Gasteiger partial charge on any atom is -0.329 e. The van der Waals surface area contributed by atoms with E-state index in [1.165, 1.54) is 0 Å². The maximum absolute atomic E-state index is 12.1. The summed E-state index contributed by atoms with van der Waals surface area (Å²) in [5.74, 6) is 0.453. The molecule has 0 fully saturated rings. The molecule has 0 aromatic rings. The van der Waals surface area contributed by atoms with Gasteiger partial charge in [0.25, 0.3) is 0 Å². The van der Waals surface area contributed by atoms with Crippen LogP contribution in [0.1, 0.15) is 0 Å². The second-order valence-electron chi connectivity index (χ2n) is 2.94. The predicted molar refractivity (Wildman–Crippen MR) is 49.9 cm³/mol. The number of hydrogen-bond donors (Lipinski definition) is 1. The number of alkyl halides is 3. The van der Waals surface area contributed by atoms with Crippen molar-refractivity contribution in [2.75, 3.05) is 32.9 Å². The van der Waals surface area contributed by atoms with E-state index in [4.69, 9.17) is 5.73 Å². The molecule has 0 radical (unpaired) electrons. The van der Waals surface area contributed by atoms with Crippen LogP contribution in [-0.4, -0.2) is 49.3 Å². The Morgan fingerprint density at radius 3 is 2.23 bits per heavy atom. The summed E-state index contributed by atoms with van der Waals surface area (Å²) < 4.78 is 36.4. The van der Waals surface area contributed by atoms with Gasteiger partial charge in [-0.15, -0.1) is 11.8 Å². The lowest BCUT2D eigenvalue weighted by Gasteiger charge is -2.18. The SMILES string of the molecule is CN(C)CCSC(CN)C(F)(F)F. The van der Waals surface area contributed by atoms with E-state index in [0.29, 0.717) is 12.3 Å². The largest absolute Gasteiger partial charge is 0.401 e. The summed E-state index contributed by atoms with van der Waals surface area (Å²) in [6.07, 6.45) is -4.17. The van der Waals surface area contributed by atoms with Crippen molar-refractivity contribution in [2.45, 2.75) is 11.4 Å². The van der Waals surface area contributed by atoms with E-state index in [1.807, 2.05) is 19.0 Å². The minimum absolute atomic E-state index is 0.346. The molecule has 1 unspecified atom stereocenters. The molecule has 0 rings (SSSR count). The van der Waals surface area contributed by atoms with Gasteiger partial charge in [0.15, 0.2) is 0 Å². The van der Waals surface area contributed by atoms with Crippen molar-refractivity contribution in [3.8, 4) is 0 Å². The Kier molecular flexibility index (Phi) is 5.75. The van der Waals surface area contributed by atoms with Crippen LogP contribution >= 0.6 is 11.8 Å². The van der Waals surface area contributed by atoms with Gasteiger partial charge in [0.2, 0.25) is 0 Å². The fourth-order valence-electron chi connectivity index (χ4n) is 0.674. The molecular weight excluding hydrogens is 201 g/mol. The standard InChI is InChI=1S/C7H15F3N2S/c1-12(2)3-4-13-6(5-11)7(8,9)10/h6H,3-5,11H2,1-2H3. The van der Waals surface area contributed by atoms with Crippen LogP contribution in [0.25, 0.3) is 0 Å². The first-order valence-electron chi connectivity index (χ1n) is 3.91. The van der Waals surface area contributed by atoms with E-state index in [2.05, 4.69) is 0 Å². The van der Waals surface area contributed by atoms with Crippen molar-refractivity contribution in [1.82, 2.24) is 4.90 Å². The fourth-order valence-corrected chi connectivity index (χ4v) is 1.75. The summed E-state index contributed by atoms with van der Waals surface area (Å²) in [6.45, 7) is 0.291. The summed E-state index contributed by atoms with van der Waals surface area (Å²) in [5, 5.41) is -1.42. The molecule has 2 N–H and O–H groups in total. The highest BCUT2D eigenvalue weighted by Gasteiger charge is 2.38. The fraction of sp³-hybridized carbons (Fsp3) is 1.00. The summed E-state index contributed by atoms with van der Waals surface area (Å²) in [4.78, 5) is 1.84. The van der Waals surface area contributed by atoms with Crippen molar-refractivity contribution in [2.24, 2.45) is 5.73 Å². The van der Waals surface area contributed by atoms with E-state index >= 15 is 0 Å². The molecule has 0 aliphatic rings. The van der Waals surface area contributed by atoms with Crippen LogP contribution in [0, 0.1) is 0 Å². The van der Waals surface area contributed by atoms with Crippen molar-refractivity contribution in [1.29, 1.82) is 0 Å². The van der Waals surface area contributed by atoms with Crippen LogP contribution in [0.3, 0.4) is 0 Å². The third-order valence-electron chi connectivity index (χ3n) is 1.44. The molecule has 2 nitrogen and oxygen atoms in total. The molecule has 0 saturated heterocycles. The van der Waals surface area contributed by atoms with Gasteiger partial charge in [-0.2, -0.15) is 13.2 Å². The van der Waals surface area contributed by atoms with Gasteiger partial charge in [0, 0.05) is 18.8 Å². The van der Waals surface area contributed by atoms with Crippen LogP contribution in [0.5, 0.6) is 0 Å². The third-order valence-corrected chi connectivity index (χ3v) is 2.72. The van der Waals surface area contributed by atoms with Gasteiger partial charge in [0.05, 0.1) is 0 Å². The summed E-state index contributed by atoms with van der Waals surface area (Å²) >= 11 is 0.865. The molecule has 0 spiro atoms. The van der Waals surface area contributed by atoms with Crippen LogP contribution in [-0.2, 0) is 0 Å². The van der Waals surface area contributed by atoms with E-state index in [9.17, 15) is 13.2 Å². The molecule has 13 heavy (non-hydrogen) atoms. The average molecular weight is 216 g/mol. The lowest BCUT2D eigenvalue weighted by Crippen LogP contribution is -2.34. The smallest absolute Gasteiger partial charge is 0.329 e. The number of halogens is 3. The van der Waals surface area contributed by atoms with Crippen molar-refractivity contribution >= 4 is 11.8 Å². The topological polar surface area (TPSA) is 29.3 Å². The number of nitrogens with zero attached hydrogens (tertiary/aromatic N) is 1. The number of hydrogen-bond acceptors (Lipinski definition) is 3. The van der Waals surface area contributed by atoms with Gasteiger partial charge in [-0.1, -0.05) is 0 Å². The van der Waals surface area contributed by atoms with Crippen LogP contribution in [0.4, 0.5) is 13.2 Å². The zero-order valence-corrected chi connectivity index (χ0v) is 8.58. The molecular formula is C7H15F3N2S. The maximum atomic E-state index is 12.1. The van der Waals surface area contributed by atoms with E-state index in [1.54, 1.807) is 0 Å². The molecule has 0 amide bonds. The minimum atomic E-state index is -4.17. The lowest BCUT2D eigenvalue weighted by atomic mass is 10.4. The Labute approximate surface area is 80.6 Å². The monoisotopic (exact) mass is 216 g/mol. The van der Waals surface area contributed by atoms with Gasteiger partial charge in [-0.05, 0) is 14.1 Å². The molecule has 0 aliphatic carbocycles. The first-order chi connectivity index (χ1) is 5.88. The van der Waals surface area contributed by atoms with Crippen LogP contribution in [0.2, 0.25) is 0 Å². The number of thioether (sulfide) groups is 1. The highest BCUT2D eigenvalue weighted by molar-refractivity contribution is 8.00. The Bertz CT molecular complexity index is 138. The third kappa shape index (κ3) is 6.17. The second kappa shape index (κ2) is 5.72. The molecule has 0 aromatic carbocycles. The van der Waals surface area contributed by atoms with Gasteiger partial charge in [0.1, 0.15) is 5.25 Å². The van der Waals surface area contributed by atoms with Gasteiger partial charge in [-0.25, -0.2) is 0 Å². The Morgan fingerprint density at radius 1 is 1.38 bits per heavy atom. The molecule has 0 bridgehead atoms. The summed E-state index contributed by atoms with van der Waals surface area (Å²) in [5.41, 5.74) is 5.02. The normalized spacial score (nSPS) is 15.0. The molecule has 80 valence electrons. The Balaban J connectivity index is 3.73. The molecule has 0 heterocycles. The van der Waals surface area contributed by atoms with Gasteiger partial charge < -0.3 is 10.6 Å². The van der Waals surface area contributed by atoms with Crippen LogP contribution < -0.4 is 5.73 Å². The predicted octanol–water partition coefficient (Wildman–Crippen LogP) is 1.17. The average Bonchev–Trinajstić information content (AvgIpc) is 1.95. The number of rotatable bonds is 5. The Morgan fingerprint density at radius 2 is 1.92 bits per heavy atom. The first kappa shape index (κ1) is 13.1. The molecule has 6 heteroatoms. The van der Waals surface area contributed by atoms with E-state index < -0.39 is 11.4 Å². The first-order valence-corrected chi connectivity index (χ1v) is 4.96. The highest BCUT2D eigenvalue weighted by Crippen LogP contribution is 2.29. The van der Waals surface area contributed by atoms with Gasteiger partial charge in [-0.3, -0.25) is 0 Å². The zero-order valence-electron chi connectivity index (χ0n) is 7.77. The summed E-state index contributed by atoms with van der Waals surface area (Å²) in [6, 6.07) is 0. The zero-order chi connectivity index (χ0) is 10.5. The van der Waals surface area contributed by atoms with Gasteiger partial charge >= 0.3 is 6.18 Å². The van der Waals surface area contributed by atoms with E-state index in [0.717, 1.165) is 11.8 Å². The van der Waals surface area contributed by atoms with Crippen molar-refractivity contribution < 1.29 is 13.2 Å². The second-order valence-corrected chi connectivity index (χ2v) is 4.25. The quantitative estimate of drug-likeness (QED) is 0.748. The van der Waals surface area contributed by atoms with E-state index in [-0.39, 0.29) is 6.54 Å². The molecule has 1 atom stereocenters.